The molecule has 4 aliphatic rings. The zero-order chi connectivity index (χ0) is 103. The number of rotatable bonds is 23. The van der Waals surface area contributed by atoms with Gasteiger partial charge in [0, 0.05) is 16.7 Å². The maximum atomic E-state index is 13.6. The normalized spacial score (nSPS) is 14.0. The lowest BCUT2D eigenvalue weighted by atomic mass is 9.78. The van der Waals surface area contributed by atoms with Gasteiger partial charge in [0.05, 0.1) is 118 Å². The van der Waals surface area contributed by atoms with Crippen molar-refractivity contribution >= 4 is 210 Å². The third-order valence-corrected chi connectivity index (χ3v) is 31.9. The van der Waals surface area contributed by atoms with E-state index in [1.54, 1.807) is 52.0 Å². The molecule has 3 saturated carbocycles. The standard InChI is InChI=1S/C29H24ClFN2O4S.C28H22ClFN2O4S.C23H27BO4.C12H9ClFIN2O2S.C7H6ClFO.C5H4INO2S.2CH4/c1-17-25(32-28(35)37-16-21-4-3-5-23(31)24(21)30)26(38-33-17)20-8-6-18(7-9-20)19-10-12-22(13-11-19)29(14-15-29)27(34)36-2;1-16-24(31-27(35)36-15-20-3-2-4-22(30)23(20)29)25(37-32-16)19-7-5-17(6-8-19)18-9-11-21(12-10-18)28(13-14-28)26(33)34;1-21(2)22(3,4)28-24(27-21)19-12-8-17(9-13-19)16-6-10-18(11-7-16)23(14-15-23)20(25)26-5;1-6-10(11(15)20-17-6)16-12(18)19-5-7-3-2-4-8(14)9(7)13;8-7-5(4-10)2-1-3-6(7)9;1-2-3(5(8)9)4(6)10-7-2;;/h3-13H,14-16H2,1-2H3,(H,32,35);2-12H,13-15H2,1H3,(H,31,35)(H,33,34);6-13H,14-15H2,1-5H3;2-4H,5H2,1H3,(H,16,18);1-3,10H,4H2;1H3,(H,8,9);2*1H4. The van der Waals surface area contributed by atoms with Gasteiger partial charge in [-0.05, 0) is 282 Å². The molecule has 1 saturated heterocycles. The summed E-state index contributed by atoms with van der Waals surface area (Å²) < 4.78 is 109. The average Bonchev–Trinajstić information content (AvgIpc) is 1.59. The molecule has 3 aliphatic carbocycles. The Balaban J connectivity index is 0.000000175. The Morgan fingerprint density at radius 1 is 0.393 bits per heavy atom. The molecule has 0 atom stereocenters. The third kappa shape index (κ3) is 27.4. The van der Waals surface area contributed by atoms with Gasteiger partial charge in [-0.1, -0.05) is 255 Å². The highest BCUT2D eigenvalue weighted by Crippen LogP contribution is 2.52. The SMILES string of the molecule is C.C.COC(=O)C1(c2ccc(-c3ccc(-c4snc(C)c4NC(=O)OCc4cccc(F)c4Cl)cc3)cc2)CC1.COC(=O)C1(c2ccc(-c3ccc(B4OC(C)(C)C(C)(C)O4)cc3)cc2)CC1.Cc1nsc(-c2ccc(-c3ccc(C4(C(=O)O)CC4)cc3)cc2)c1NC(=O)OCc1cccc(F)c1Cl.Cc1nsc(I)c1C(=O)O.Cc1nsc(I)c1NC(=O)OCc1cccc(F)c1Cl.OCc1cccc(F)c1Cl. The molecule has 0 spiro atoms. The maximum Gasteiger partial charge on any atom is 0.494 e. The topological polar surface area (TPSA) is 332 Å². The smallest absolute Gasteiger partial charge is 0.481 e. The highest BCUT2D eigenvalue weighted by molar-refractivity contribution is 14.1. The molecule has 4 aromatic heterocycles. The van der Waals surface area contributed by atoms with Gasteiger partial charge in [-0.15, -0.1) is 0 Å². The number of aromatic nitrogens is 4. The summed E-state index contributed by atoms with van der Waals surface area (Å²) in [7, 11) is 2.53. The predicted octanol–water partition coefficient (Wildman–Crippen LogP) is 28.4. The van der Waals surface area contributed by atoms with E-state index in [0.717, 1.165) is 114 Å². The number of nitrogens with zero attached hydrogens (tertiary/aromatic N) is 4. The minimum Gasteiger partial charge on any atom is -0.481 e. The number of anilines is 3. The van der Waals surface area contributed by atoms with Crippen LogP contribution in [0.3, 0.4) is 0 Å². The molecule has 10 aromatic carbocycles. The van der Waals surface area contributed by atoms with Crippen molar-refractivity contribution in [3.8, 4) is 54.3 Å². The fourth-order valence-corrected chi connectivity index (χ4v) is 20.4. The summed E-state index contributed by atoms with van der Waals surface area (Å²) in [5, 5.41) is 34.6. The number of carboxylic acid groups (broad SMARTS) is 2. The van der Waals surface area contributed by atoms with Crippen LogP contribution in [0.5, 0.6) is 0 Å². The summed E-state index contributed by atoms with van der Waals surface area (Å²) in [6.45, 7) is 14.7. The van der Waals surface area contributed by atoms with E-state index in [0.29, 0.717) is 74.8 Å². The predicted molar refractivity (Wildman–Crippen MR) is 580 cm³/mol. The number of benzene rings is 10. The summed E-state index contributed by atoms with van der Waals surface area (Å²) >= 11 is 32.2. The molecule has 18 rings (SSSR count). The molecule has 6 N–H and O–H groups in total. The molecule has 5 heterocycles. The number of hydrogen-bond acceptors (Lipinski definition) is 23. The molecule has 0 bridgehead atoms. The quantitative estimate of drug-likeness (QED) is 0.0114. The van der Waals surface area contributed by atoms with Crippen molar-refractivity contribution < 1.29 is 99.4 Å². The Morgan fingerprint density at radius 3 is 0.945 bits per heavy atom. The van der Waals surface area contributed by atoms with Crippen molar-refractivity contribution in [2.75, 3.05) is 30.2 Å². The number of hydrogen-bond donors (Lipinski definition) is 6. The Bertz CT molecular complexity index is 6950. The third-order valence-electron chi connectivity index (χ3n) is 24.5. The maximum absolute atomic E-state index is 13.6. The largest absolute Gasteiger partial charge is 0.494 e. The van der Waals surface area contributed by atoms with E-state index in [1.165, 1.54) is 109 Å². The summed E-state index contributed by atoms with van der Waals surface area (Å²) in [4.78, 5) is 84.5. The number of carboxylic acids is 2. The minimum absolute atomic E-state index is 0. The van der Waals surface area contributed by atoms with E-state index in [4.69, 9.17) is 89.6 Å². The second kappa shape index (κ2) is 49.9. The number of carbonyl (C=O) groups excluding carboxylic acids is 5. The lowest BCUT2D eigenvalue weighted by molar-refractivity contribution is -0.144. The summed E-state index contributed by atoms with van der Waals surface area (Å²) in [5.41, 5.74) is 15.8. The molecule has 14 aromatic rings. The minimum atomic E-state index is -0.893. The number of amides is 3. The molecule has 24 nitrogen and oxygen atoms in total. The number of halogens is 10. The van der Waals surface area contributed by atoms with Gasteiger partial charge in [-0.25, -0.2) is 36.7 Å². The van der Waals surface area contributed by atoms with Crippen molar-refractivity contribution in [2.24, 2.45) is 0 Å². The number of aryl methyl sites for hydroxylation is 4. The molecule has 145 heavy (non-hydrogen) atoms. The number of nitrogens with one attached hydrogen (secondary N) is 3. The Hall–Kier alpha value is -11.3. The van der Waals surface area contributed by atoms with Crippen LogP contribution < -0.4 is 21.4 Å². The molecule has 39 heteroatoms. The fraction of sp³-hybridized carbons (Fsp3) is 0.255. The van der Waals surface area contributed by atoms with Crippen LogP contribution in [0.1, 0.15) is 153 Å². The Kier molecular flexibility index (Phi) is 39.3. The number of aliphatic hydroxyl groups is 1. The van der Waals surface area contributed by atoms with Gasteiger partial charge in [0.25, 0.3) is 0 Å². The zero-order valence-electron chi connectivity index (χ0n) is 78.2. The molecule has 0 unspecified atom stereocenters. The molecular formula is C106H100BCl4F4I2N7O17S4. The van der Waals surface area contributed by atoms with Gasteiger partial charge in [-0.2, -0.15) is 17.5 Å². The number of aliphatic hydroxyl groups excluding tert-OH is 1. The van der Waals surface area contributed by atoms with E-state index >= 15 is 0 Å². The fourth-order valence-electron chi connectivity index (χ4n) is 15.0. The monoisotopic (exact) mass is 2350 g/mol. The molecule has 0 radical (unpaired) electrons. The number of ether oxygens (including phenoxy) is 5. The van der Waals surface area contributed by atoms with Crippen LogP contribution in [0, 0.1) is 56.7 Å². The molecule has 3 amide bonds. The van der Waals surface area contributed by atoms with Crippen LogP contribution in [0.15, 0.2) is 218 Å². The first-order chi connectivity index (χ1) is 68.1. The molecule has 1 aliphatic heterocycles. The van der Waals surface area contributed by atoms with E-state index in [1.807, 2.05) is 132 Å². The van der Waals surface area contributed by atoms with Gasteiger partial charge < -0.3 is 48.3 Å². The van der Waals surface area contributed by atoms with E-state index in [2.05, 4.69) is 120 Å². The van der Waals surface area contributed by atoms with Crippen LogP contribution in [0.2, 0.25) is 20.1 Å². The van der Waals surface area contributed by atoms with Crippen LogP contribution >= 0.6 is 138 Å². The average molecular weight is 2350 g/mol. The second-order valence-corrected chi connectivity index (χ2v) is 42.6. The van der Waals surface area contributed by atoms with Crippen molar-refractivity contribution in [1.82, 2.24) is 17.5 Å². The number of esters is 2. The van der Waals surface area contributed by atoms with Crippen LogP contribution in [-0.4, -0.2) is 108 Å². The van der Waals surface area contributed by atoms with Crippen molar-refractivity contribution in [3.05, 3.63) is 335 Å². The molecular weight excluding hydrogens is 2250 g/mol. The van der Waals surface area contributed by atoms with E-state index in [-0.39, 0.29) is 91.6 Å². The van der Waals surface area contributed by atoms with Crippen molar-refractivity contribution in [2.45, 2.75) is 163 Å². The van der Waals surface area contributed by atoms with Gasteiger partial charge in [0.1, 0.15) is 54.4 Å². The Labute approximate surface area is 900 Å². The van der Waals surface area contributed by atoms with Gasteiger partial charge in [0.15, 0.2) is 0 Å². The van der Waals surface area contributed by atoms with Gasteiger partial charge >= 0.3 is 49.3 Å². The van der Waals surface area contributed by atoms with Crippen molar-refractivity contribution in [1.29, 1.82) is 0 Å². The first kappa shape index (κ1) is 114. The number of aliphatic carboxylic acids is 1. The number of carbonyl (C=O) groups is 7. The lowest BCUT2D eigenvalue weighted by Crippen LogP contribution is -2.41. The Morgan fingerprint density at radius 2 is 0.669 bits per heavy atom. The zero-order valence-corrected chi connectivity index (χ0v) is 88.8. The highest BCUT2D eigenvalue weighted by Gasteiger charge is 2.55. The first-order valence-corrected chi connectivity index (χ1v) is 50.8. The lowest BCUT2D eigenvalue weighted by Gasteiger charge is -2.32. The number of methoxy groups -OCH3 is 2. The van der Waals surface area contributed by atoms with Gasteiger partial charge in [0.2, 0.25) is 0 Å². The second-order valence-electron chi connectivity index (χ2n) is 34.3. The van der Waals surface area contributed by atoms with Crippen LogP contribution in [0.25, 0.3) is 54.3 Å². The van der Waals surface area contributed by atoms with Crippen LogP contribution in [0.4, 0.5) is 49.0 Å². The number of aromatic carboxylic acids is 1. The van der Waals surface area contributed by atoms with E-state index in [9.17, 15) is 56.2 Å². The summed E-state index contributed by atoms with van der Waals surface area (Å²) in [6.07, 6.45) is 2.67. The van der Waals surface area contributed by atoms with Gasteiger partial charge in [-0.3, -0.25) is 30.3 Å². The highest BCUT2D eigenvalue weighted by atomic mass is 127. The van der Waals surface area contributed by atoms with Crippen molar-refractivity contribution in [3.63, 3.8) is 0 Å². The first-order valence-electron chi connectivity index (χ1n) is 44.1. The van der Waals surface area contributed by atoms with Crippen LogP contribution in [-0.2, 0) is 90.0 Å². The van der Waals surface area contributed by atoms with E-state index < -0.39 is 69.7 Å². The molecule has 4 fully saturated rings. The summed E-state index contributed by atoms with van der Waals surface area (Å²) in [5.74, 6) is -4.15. The molecule has 758 valence electrons. The summed E-state index contributed by atoms with van der Waals surface area (Å²) in [6, 6.07) is 65.3.